The van der Waals surface area contributed by atoms with Crippen molar-refractivity contribution in [1.29, 1.82) is 5.26 Å². The zero-order chi connectivity index (χ0) is 20.8. The van der Waals surface area contributed by atoms with E-state index in [-0.39, 0.29) is 6.54 Å². The van der Waals surface area contributed by atoms with E-state index in [0.717, 1.165) is 17.0 Å². The van der Waals surface area contributed by atoms with E-state index in [4.69, 9.17) is 5.26 Å². The lowest BCUT2D eigenvalue weighted by Crippen LogP contribution is -2.50. The highest BCUT2D eigenvalue weighted by Crippen LogP contribution is 2.40. The molecule has 1 unspecified atom stereocenters. The molecule has 2 rings (SSSR count). The molecule has 148 valence electrons. The van der Waals surface area contributed by atoms with Crippen molar-refractivity contribution in [3.05, 3.63) is 29.3 Å². The zero-order valence-corrected chi connectivity index (χ0v) is 15.0. The highest BCUT2D eigenvalue weighted by molar-refractivity contribution is 7.86. The Balaban J connectivity index is 2.72. The first kappa shape index (κ1) is 21.1. The van der Waals surface area contributed by atoms with Gasteiger partial charge >= 0.3 is 16.3 Å². The molecule has 0 aliphatic carbocycles. The van der Waals surface area contributed by atoms with Crippen LogP contribution in [0.4, 0.5) is 18.9 Å². The SMILES string of the molecule is CC1(C)C(=O)N(c2ccc(C#N)c(C(F)(F)F)c2)C(S(=O)(=O)O)N1CCO. The number of nitriles is 1. The van der Waals surface area contributed by atoms with Gasteiger partial charge in [-0.1, -0.05) is 0 Å². The normalized spacial score (nSPS) is 20.7. The Labute approximate surface area is 153 Å². The molecule has 0 bridgehead atoms. The second-order valence-electron chi connectivity index (χ2n) is 6.33. The molecular weight excluding hydrogens is 391 g/mol. The monoisotopic (exact) mass is 407 g/mol. The number of benzene rings is 1. The van der Waals surface area contributed by atoms with E-state index < -0.39 is 56.7 Å². The smallest absolute Gasteiger partial charge is 0.395 e. The number of alkyl halides is 3. The van der Waals surface area contributed by atoms with Gasteiger partial charge < -0.3 is 5.11 Å². The van der Waals surface area contributed by atoms with Gasteiger partial charge in [0, 0.05) is 12.2 Å². The number of aliphatic hydroxyl groups excluding tert-OH is 1. The second kappa shape index (κ2) is 6.75. The molecule has 2 N–H and O–H groups in total. The van der Waals surface area contributed by atoms with Crippen LogP contribution in [0.1, 0.15) is 25.0 Å². The fourth-order valence-corrected chi connectivity index (χ4v) is 4.16. The summed E-state index contributed by atoms with van der Waals surface area (Å²) in [5.41, 5.74) is -6.06. The molecule has 12 heteroatoms. The summed E-state index contributed by atoms with van der Waals surface area (Å²) in [7, 11) is -4.97. The lowest BCUT2D eigenvalue weighted by Gasteiger charge is -2.31. The molecule has 27 heavy (non-hydrogen) atoms. The van der Waals surface area contributed by atoms with E-state index in [9.17, 15) is 36.0 Å². The fraction of sp³-hybridized carbons (Fsp3) is 0.467. The lowest BCUT2D eigenvalue weighted by molar-refractivity contribution is -0.137. The molecule has 0 aromatic heterocycles. The predicted octanol–water partition coefficient (Wildman–Crippen LogP) is 1.17. The summed E-state index contributed by atoms with van der Waals surface area (Å²) in [6.45, 7) is 1.74. The summed E-state index contributed by atoms with van der Waals surface area (Å²) in [6, 6.07) is 3.66. The van der Waals surface area contributed by atoms with Crippen molar-refractivity contribution < 1.29 is 36.0 Å². The van der Waals surface area contributed by atoms with Gasteiger partial charge in [0.05, 0.1) is 29.3 Å². The van der Waals surface area contributed by atoms with Crippen molar-refractivity contribution in [2.45, 2.75) is 31.1 Å². The third kappa shape index (κ3) is 3.63. The van der Waals surface area contributed by atoms with Crippen LogP contribution in [0.25, 0.3) is 0 Å². The largest absolute Gasteiger partial charge is 0.417 e. The van der Waals surface area contributed by atoms with Gasteiger partial charge in [-0.2, -0.15) is 26.9 Å². The van der Waals surface area contributed by atoms with E-state index in [1.54, 1.807) is 0 Å². The molecule has 1 aromatic rings. The minimum atomic E-state index is -4.97. The standard InChI is InChI=1S/C15H16F3N3O5S/c1-14(2)12(23)21(13(27(24,25)26)20(14)5-6-22)10-4-3-9(8-19)11(7-10)15(16,17)18/h3-4,7,13,22H,5-6H2,1-2H3,(H,24,25,26). The van der Waals surface area contributed by atoms with Gasteiger partial charge in [-0.25, -0.2) is 0 Å². The van der Waals surface area contributed by atoms with Gasteiger partial charge in [0.15, 0.2) is 0 Å². The summed E-state index contributed by atoms with van der Waals surface area (Å²) < 4.78 is 73.1. The number of anilines is 1. The maximum Gasteiger partial charge on any atom is 0.417 e. The number of rotatable bonds is 4. The highest BCUT2D eigenvalue weighted by atomic mass is 32.2. The number of carbonyl (C=O) groups is 1. The van der Waals surface area contributed by atoms with Crippen LogP contribution in [0.3, 0.4) is 0 Å². The summed E-state index contributed by atoms with van der Waals surface area (Å²) in [5.74, 6) is -0.892. The number of aliphatic hydroxyl groups is 1. The molecule has 1 saturated heterocycles. The van der Waals surface area contributed by atoms with Crippen LogP contribution in [-0.2, 0) is 21.1 Å². The Hall–Kier alpha value is -2.20. The zero-order valence-electron chi connectivity index (χ0n) is 14.2. The van der Waals surface area contributed by atoms with Crippen molar-refractivity contribution >= 4 is 21.7 Å². The van der Waals surface area contributed by atoms with E-state index in [1.165, 1.54) is 19.9 Å². The first-order valence-electron chi connectivity index (χ1n) is 7.55. The summed E-state index contributed by atoms with van der Waals surface area (Å²) >= 11 is 0. The van der Waals surface area contributed by atoms with Crippen LogP contribution < -0.4 is 4.90 Å². The van der Waals surface area contributed by atoms with Gasteiger partial charge in [-0.15, -0.1) is 0 Å². The molecule has 0 saturated carbocycles. The minimum Gasteiger partial charge on any atom is -0.395 e. The summed E-state index contributed by atoms with van der Waals surface area (Å²) in [5, 5.41) is 18.0. The van der Waals surface area contributed by atoms with E-state index in [1.807, 2.05) is 0 Å². The lowest BCUT2D eigenvalue weighted by atomic mass is 10.0. The van der Waals surface area contributed by atoms with Gasteiger partial charge in [0.1, 0.15) is 0 Å². The number of hydrogen-bond donors (Lipinski definition) is 2. The first-order valence-corrected chi connectivity index (χ1v) is 9.06. The van der Waals surface area contributed by atoms with E-state index in [0.29, 0.717) is 11.0 Å². The maximum atomic E-state index is 13.2. The second-order valence-corrected chi connectivity index (χ2v) is 7.78. The highest BCUT2D eigenvalue weighted by Gasteiger charge is 2.57. The quantitative estimate of drug-likeness (QED) is 0.719. The third-order valence-corrected chi connectivity index (χ3v) is 5.26. The van der Waals surface area contributed by atoms with E-state index >= 15 is 0 Å². The Bertz CT molecular complexity index is 908. The molecule has 8 nitrogen and oxygen atoms in total. The number of β-amino-alcohol motifs (C(OH)–C–C–N with tert-alkyl or cyclic N) is 1. The Morgan fingerprint density at radius 2 is 1.93 bits per heavy atom. The minimum absolute atomic E-state index is 0.331. The molecule has 1 heterocycles. The third-order valence-electron chi connectivity index (χ3n) is 4.26. The Morgan fingerprint density at radius 3 is 2.37 bits per heavy atom. The molecule has 1 atom stereocenters. The van der Waals surface area contributed by atoms with Crippen molar-refractivity contribution in [3.8, 4) is 6.07 Å². The number of carbonyl (C=O) groups excluding carboxylic acids is 1. The van der Waals surface area contributed by atoms with Gasteiger partial charge in [-0.05, 0) is 32.0 Å². The predicted molar refractivity (Wildman–Crippen MR) is 86.9 cm³/mol. The summed E-state index contributed by atoms with van der Waals surface area (Å²) in [4.78, 5) is 14.2. The number of nitrogens with zero attached hydrogens (tertiary/aromatic N) is 3. The number of hydrogen-bond acceptors (Lipinski definition) is 6. The molecule has 1 aliphatic heterocycles. The molecule has 0 radical (unpaired) electrons. The first-order chi connectivity index (χ1) is 12.3. The van der Waals surface area contributed by atoms with Crippen molar-refractivity contribution in [2.24, 2.45) is 0 Å². The van der Waals surface area contributed by atoms with Crippen molar-refractivity contribution in [3.63, 3.8) is 0 Å². The van der Waals surface area contributed by atoms with E-state index in [2.05, 4.69) is 0 Å². The maximum absolute atomic E-state index is 13.2. The molecule has 1 fully saturated rings. The van der Waals surface area contributed by atoms with Crippen LogP contribution >= 0.6 is 0 Å². The average molecular weight is 407 g/mol. The number of halogens is 3. The molecule has 1 amide bonds. The van der Waals surface area contributed by atoms with Crippen LogP contribution in [0.2, 0.25) is 0 Å². The Morgan fingerprint density at radius 1 is 1.33 bits per heavy atom. The average Bonchev–Trinajstić information content (AvgIpc) is 2.74. The number of amides is 1. The van der Waals surface area contributed by atoms with Gasteiger partial charge in [-0.3, -0.25) is 19.1 Å². The van der Waals surface area contributed by atoms with Crippen LogP contribution in [0.5, 0.6) is 0 Å². The van der Waals surface area contributed by atoms with Gasteiger partial charge in [0.25, 0.3) is 0 Å². The fourth-order valence-electron chi connectivity index (χ4n) is 2.98. The molecular formula is C15H16F3N3O5S. The van der Waals surface area contributed by atoms with Crippen molar-refractivity contribution in [1.82, 2.24) is 4.90 Å². The molecule has 1 aliphatic rings. The van der Waals surface area contributed by atoms with Crippen LogP contribution in [0.15, 0.2) is 18.2 Å². The van der Waals surface area contributed by atoms with Gasteiger partial charge in [0.2, 0.25) is 11.4 Å². The van der Waals surface area contributed by atoms with Crippen LogP contribution in [0, 0.1) is 11.3 Å². The van der Waals surface area contributed by atoms with Crippen molar-refractivity contribution in [2.75, 3.05) is 18.1 Å². The Kier molecular flexibility index (Phi) is 5.28. The molecule has 1 aromatic carbocycles. The topological polar surface area (TPSA) is 122 Å². The molecule has 0 spiro atoms. The summed E-state index contributed by atoms with van der Waals surface area (Å²) in [6.07, 6.45) is -4.92. The van der Waals surface area contributed by atoms with Crippen LogP contribution in [-0.4, -0.2) is 53.1 Å².